The molecule has 3 atom stereocenters. The zero-order valence-corrected chi connectivity index (χ0v) is 19.5. The van der Waals surface area contributed by atoms with Crippen LogP contribution in [0.3, 0.4) is 0 Å². The first-order valence-electron chi connectivity index (χ1n) is 11.7. The topological polar surface area (TPSA) is 93.6 Å². The minimum Gasteiger partial charge on any atom is -0.383 e. The van der Waals surface area contributed by atoms with Crippen LogP contribution < -0.4 is 5.32 Å². The maximum atomic E-state index is 14.4. The van der Waals surface area contributed by atoms with Gasteiger partial charge in [0.2, 0.25) is 5.91 Å². The summed E-state index contributed by atoms with van der Waals surface area (Å²) in [6.45, 7) is 6.50. The molecule has 2 N–H and O–H groups in total. The number of fused-ring (bicyclic) bond motifs is 5. The van der Waals surface area contributed by atoms with Gasteiger partial charge in [0.05, 0.1) is 36.7 Å². The molecule has 2 aromatic rings. The first-order chi connectivity index (χ1) is 16.1. The van der Waals surface area contributed by atoms with Gasteiger partial charge in [-0.1, -0.05) is 26.8 Å². The van der Waals surface area contributed by atoms with Crippen molar-refractivity contribution in [1.82, 2.24) is 15.5 Å². The number of carbonyl (C=O) groups excluding carboxylic acids is 1. The summed E-state index contributed by atoms with van der Waals surface area (Å²) >= 11 is 0. The normalized spacial score (nSPS) is 26.6. The highest BCUT2D eigenvalue weighted by atomic mass is 19.1. The number of benzene rings is 1. The van der Waals surface area contributed by atoms with E-state index in [-0.39, 0.29) is 42.8 Å². The zero-order valence-electron chi connectivity index (χ0n) is 19.5. The molecule has 1 aromatic heterocycles. The highest BCUT2D eigenvalue weighted by Gasteiger charge is 2.65. The van der Waals surface area contributed by atoms with E-state index in [1.807, 2.05) is 6.92 Å². The SMILES string of the molecule is CCC(O[C@@]12CC[C@@H](c3cc(-c4c(F)cccc4F)nnc31)C2(C)C)C(=O)NCC1(O)COC1. The summed E-state index contributed by atoms with van der Waals surface area (Å²) in [4.78, 5) is 13.0. The van der Waals surface area contributed by atoms with Crippen LogP contribution in [0.4, 0.5) is 8.78 Å². The second kappa shape index (κ2) is 8.03. The van der Waals surface area contributed by atoms with Gasteiger partial charge in [0, 0.05) is 5.41 Å². The molecule has 1 aromatic carbocycles. The lowest BCUT2D eigenvalue weighted by molar-refractivity contribution is -0.182. The van der Waals surface area contributed by atoms with E-state index in [1.54, 1.807) is 6.07 Å². The third-order valence-corrected chi connectivity index (χ3v) is 7.84. The maximum absolute atomic E-state index is 14.4. The quantitative estimate of drug-likeness (QED) is 0.642. The third-order valence-electron chi connectivity index (χ3n) is 7.84. The number of amides is 1. The zero-order chi connectivity index (χ0) is 24.3. The molecule has 2 heterocycles. The standard InChI is InChI=1S/C25H29F2N3O4/c1-4-19(22(31)28-11-24(32)12-33-13-24)34-25-9-8-15(23(25,2)3)14-10-18(29-30-21(14)25)20-16(26)6-5-7-17(20)27/h5-7,10,15,19,32H,4,8-9,11-13H2,1-3H3,(H,28,31)/t15-,19?,25-/m0/s1. The van der Waals surface area contributed by atoms with Crippen molar-refractivity contribution in [2.75, 3.05) is 19.8 Å². The fourth-order valence-corrected chi connectivity index (χ4v) is 5.77. The molecule has 2 fully saturated rings. The molecule has 2 aliphatic carbocycles. The van der Waals surface area contributed by atoms with Crippen molar-refractivity contribution in [3.63, 3.8) is 0 Å². The van der Waals surface area contributed by atoms with Crippen molar-refractivity contribution >= 4 is 5.91 Å². The van der Waals surface area contributed by atoms with Gasteiger partial charge in [0.1, 0.15) is 28.9 Å². The van der Waals surface area contributed by atoms with Gasteiger partial charge >= 0.3 is 0 Å². The second-order valence-electron chi connectivity index (χ2n) is 10.2. The number of carbonyl (C=O) groups is 1. The molecule has 182 valence electrons. The van der Waals surface area contributed by atoms with Crippen LogP contribution >= 0.6 is 0 Å². The smallest absolute Gasteiger partial charge is 0.249 e. The molecule has 1 saturated carbocycles. The number of hydrogen-bond acceptors (Lipinski definition) is 6. The summed E-state index contributed by atoms with van der Waals surface area (Å²) < 4.78 is 40.4. The lowest BCUT2D eigenvalue weighted by Gasteiger charge is -2.40. The Bertz CT molecular complexity index is 1120. The van der Waals surface area contributed by atoms with Crippen LogP contribution in [-0.4, -0.2) is 52.7 Å². The largest absolute Gasteiger partial charge is 0.383 e. The number of nitrogens with zero attached hydrogens (tertiary/aromatic N) is 2. The van der Waals surface area contributed by atoms with E-state index < -0.39 is 34.4 Å². The van der Waals surface area contributed by atoms with E-state index in [2.05, 4.69) is 29.4 Å². The summed E-state index contributed by atoms with van der Waals surface area (Å²) in [5.41, 5.74) is -0.837. The molecular formula is C25H29F2N3O4. The molecule has 9 heteroatoms. The molecule has 3 aliphatic rings. The predicted molar refractivity (Wildman–Crippen MR) is 119 cm³/mol. The van der Waals surface area contributed by atoms with Crippen LogP contribution in [0.1, 0.15) is 57.2 Å². The van der Waals surface area contributed by atoms with Crippen LogP contribution in [-0.2, 0) is 19.9 Å². The van der Waals surface area contributed by atoms with Crippen LogP contribution in [0.15, 0.2) is 24.3 Å². The number of rotatable bonds is 7. The fraction of sp³-hybridized carbons (Fsp3) is 0.560. The van der Waals surface area contributed by atoms with Gasteiger partial charge in [0.25, 0.3) is 0 Å². The lowest BCUT2D eigenvalue weighted by atomic mass is 9.77. The molecule has 0 spiro atoms. The molecule has 1 amide bonds. The summed E-state index contributed by atoms with van der Waals surface area (Å²) in [7, 11) is 0. The predicted octanol–water partition coefficient (Wildman–Crippen LogP) is 3.21. The van der Waals surface area contributed by atoms with E-state index in [0.29, 0.717) is 18.5 Å². The van der Waals surface area contributed by atoms with E-state index >= 15 is 0 Å². The van der Waals surface area contributed by atoms with E-state index in [9.17, 15) is 18.7 Å². The number of hydrogen-bond donors (Lipinski definition) is 2. The first-order valence-corrected chi connectivity index (χ1v) is 11.7. The van der Waals surface area contributed by atoms with Crippen LogP contribution in [0.2, 0.25) is 0 Å². The van der Waals surface area contributed by atoms with Crippen LogP contribution in [0.5, 0.6) is 0 Å². The molecule has 0 radical (unpaired) electrons. The second-order valence-corrected chi connectivity index (χ2v) is 10.2. The number of aliphatic hydroxyl groups is 1. The Morgan fingerprint density at radius 3 is 2.62 bits per heavy atom. The van der Waals surface area contributed by atoms with Gasteiger partial charge in [-0.05, 0) is 48.9 Å². The Hall–Kier alpha value is -2.49. The van der Waals surface area contributed by atoms with Crippen LogP contribution in [0.25, 0.3) is 11.3 Å². The summed E-state index contributed by atoms with van der Waals surface area (Å²) in [5, 5.41) is 21.6. The van der Waals surface area contributed by atoms with Crippen molar-refractivity contribution in [2.45, 2.75) is 63.3 Å². The highest BCUT2D eigenvalue weighted by molar-refractivity contribution is 5.81. The average molecular weight is 474 g/mol. The maximum Gasteiger partial charge on any atom is 0.249 e. The molecule has 5 rings (SSSR count). The van der Waals surface area contributed by atoms with Gasteiger partial charge in [-0.15, -0.1) is 5.10 Å². The van der Waals surface area contributed by atoms with Gasteiger partial charge in [-0.25, -0.2) is 8.78 Å². The van der Waals surface area contributed by atoms with Gasteiger partial charge < -0.3 is 19.9 Å². The molecular weight excluding hydrogens is 444 g/mol. The Kier molecular flexibility index (Phi) is 5.50. The minimum absolute atomic E-state index is 0.0555. The van der Waals surface area contributed by atoms with Crippen molar-refractivity contribution < 1.29 is 28.2 Å². The van der Waals surface area contributed by atoms with E-state index in [4.69, 9.17) is 9.47 Å². The number of aromatic nitrogens is 2. The van der Waals surface area contributed by atoms with Crippen molar-refractivity contribution in [1.29, 1.82) is 0 Å². The summed E-state index contributed by atoms with van der Waals surface area (Å²) in [5.74, 6) is -1.63. The molecule has 1 unspecified atom stereocenters. The monoisotopic (exact) mass is 473 g/mol. The van der Waals surface area contributed by atoms with Gasteiger partial charge in [-0.2, -0.15) is 5.10 Å². The average Bonchev–Trinajstić information content (AvgIpc) is 3.14. The lowest BCUT2D eigenvalue weighted by Crippen LogP contribution is -2.58. The Morgan fingerprint density at radius 1 is 1.29 bits per heavy atom. The Balaban J connectivity index is 1.46. The van der Waals surface area contributed by atoms with Gasteiger partial charge in [-0.3, -0.25) is 4.79 Å². The van der Waals surface area contributed by atoms with Gasteiger partial charge in [0.15, 0.2) is 0 Å². The fourth-order valence-electron chi connectivity index (χ4n) is 5.77. The Labute approximate surface area is 196 Å². The highest BCUT2D eigenvalue weighted by Crippen LogP contribution is 2.68. The minimum atomic E-state index is -1.03. The summed E-state index contributed by atoms with van der Waals surface area (Å²) in [6.07, 6.45) is 1.16. The van der Waals surface area contributed by atoms with Crippen molar-refractivity contribution in [3.05, 3.63) is 47.2 Å². The third kappa shape index (κ3) is 3.36. The Morgan fingerprint density at radius 2 is 2.00 bits per heavy atom. The molecule has 2 bridgehead atoms. The molecule has 1 aliphatic heterocycles. The van der Waals surface area contributed by atoms with Crippen molar-refractivity contribution in [2.24, 2.45) is 5.41 Å². The van der Waals surface area contributed by atoms with E-state index in [1.165, 1.54) is 18.2 Å². The summed E-state index contributed by atoms with van der Waals surface area (Å²) in [6, 6.07) is 5.43. The number of halogens is 2. The molecule has 7 nitrogen and oxygen atoms in total. The number of nitrogens with one attached hydrogen (secondary N) is 1. The molecule has 1 saturated heterocycles. The van der Waals surface area contributed by atoms with E-state index in [0.717, 1.165) is 12.0 Å². The van der Waals surface area contributed by atoms with Crippen LogP contribution in [0, 0.1) is 17.0 Å². The first kappa shape index (κ1) is 23.3. The number of ether oxygens (including phenoxy) is 2. The van der Waals surface area contributed by atoms with Crippen molar-refractivity contribution in [3.8, 4) is 11.3 Å². The molecule has 34 heavy (non-hydrogen) atoms.